The van der Waals surface area contributed by atoms with Crippen molar-refractivity contribution in [2.24, 2.45) is 5.73 Å². The van der Waals surface area contributed by atoms with E-state index in [1.165, 1.54) is 0 Å². The van der Waals surface area contributed by atoms with Crippen molar-refractivity contribution in [3.05, 3.63) is 28.8 Å². The molecule has 0 spiro atoms. The average Bonchev–Trinajstić information content (AvgIpc) is 2.22. The Morgan fingerprint density at radius 3 is 2.62 bits per heavy atom. The molecule has 0 radical (unpaired) electrons. The van der Waals surface area contributed by atoms with E-state index in [2.05, 4.69) is 6.92 Å². The molecule has 0 atom stereocenters. The van der Waals surface area contributed by atoms with Crippen molar-refractivity contribution in [1.29, 1.82) is 0 Å². The minimum atomic E-state index is -0.401. The van der Waals surface area contributed by atoms with E-state index in [9.17, 15) is 4.79 Å². The molecule has 88 valence electrons. The molecule has 0 unspecified atom stereocenters. The van der Waals surface area contributed by atoms with Crippen molar-refractivity contribution in [2.45, 2.75) is 33.6 Å². The Morgan fingerprint density at radius 2 is 2.06 bits per heavy atom. The zero-order valence-corrected chi connectivity index (χ0v) is 10.2. The zero-order chi connectivity index (χ0) is 12.1. The first-order chi connectivity index (χ1) is 7.56. The van der Waals surface area contributed by atoms with Gasteiger partial charge < -0.3 is 10.5 Å². The van der Waals surface area contributed by atoms with Crippen LogP contribution in [0.5, 0.6) is 5.75 Å². The minimum absolute atomic E-state index is 0.401. The summed E-state index contributed by atoms with van der Waals surface area (Å²) in [5.74, 6) is 0.365. The van der Waals surface area contributed by atoms with Crippen LogP contribution in [-0.2, 0) is 0 Å². The van der Waals surface area contributed by atoms with Crippen LogP contribution < -0.4 is 10.5 Å². The standard InChI is InChI=1S/C13H19NO2/c1-4-5-6-16-12-8-9(2)7-11(10(12)3)13(14)15/h7-8H,4-6H2,1-3H3,(H2,14,15). The van der Waals surface area contributed by atoms with Gasteiger partial charge in [-0.05, 0) is 38.0 Å². The Kier molecular flexibility index (Phi) is 4.35. The second-order valence-corrected chi connectivity index (χ2v) is 4.00. The molecule has 0 bridgehead atoms. The van der Waals surface area contributed by atoms with Gasteiger partial charge in [-0.3, -0.25) is 4.79 Å². The monoisotopic (exact) mass is 221 g/mol. The van der Waals surface area contributed by atoms with Crippen LogP contribution in [0.4, 0.5) is 0 Å². The minimum Gasteiger partial charge on any atom is -0.493 e. The van der Waals surface area contributed by atoms with Gasteiger partial charge in [-0.15, -0.1) is 0 Å². The molecule has 0 aromatic heterocycles. The highest BCUT2D eigenvalue weighted by Crippen LogP contribution is 2.23. The molecule has 0 saturated heterocycles. The number of ether oxygens (including phenoxy) is 1. The number of rotatable bonds is 5. The first kappa shape index (κ1) is 12.6. The summed E-state index contributed by atoms with van der Waals surface area (Å²) in [6, 6.07) is 3.74. The Hall–Kier alpha value is -1.51. The SMILES string of the molecule is CCCCOc1cc(C)cc(C(N)=O)c1C. The van der Waals surface area contributed by atoms with E-state index in [0.29, 0.717) is 12.2 Å². The maximum absolute atomic E-state index is 11.2. The molecule has 0 fully saturated rings. The summed E-state index contributed by atoms with van der Waals surface area (Å²) in [7, 11) is 0. The fourth-order valence-electron chi connectivity index (χ4n) is 1.56. The normalized spacial score (nSPS) is 10.2. The molecule has 3 nitrogen and oxygen atoms in total. The van der Waals surface area contributed by atoms with E-state index < -0.39 is 5.91 Å². The van der Waals surface area contributed by atoms with E-state index in [-0.39, 0.29) is 0 Å². The van der Waals surface area contributed by atoms with Gasteiger partial charge in [-0.25, -0.2) is 0 Å². The van der Waals surface area contributed by atoms with Crippen LogP contribution in [0.25, 0.3) is 0 Å². The van der Waals surface area contributed by atoms with E-state index in [1.807, 2.05) is 19.9 Å². The molecule has 1 rings (SSSR count). The van der Waals surface area contributed by atoms with E-state index in [1.54, 1.807) is 6.07 Å². The van der Waals surface area contributed by atoms with E-state index >= 15 is 0 Å². The van der Waals surface area contributed by atoms with Crippen molar-refractivity contribution in [3.63, 3.8) is 0 Å². The maximum atomic E-state index is 11.2. The summed E-state index contributed by atoms with van der Waals surface area (Å²) >= 11 is 0. The fourth-order valence-corrected chi connectivity index (χ4v) is 1.56. The summed E-state index contributed by atoms with van der Waals surface area (Å²) < 4.78 is 5.64. The number of nitrogens with two attached hydrogens (primary N) is 1. The van der Waals surface area contributed by atoms with Crippen molar-refractivity contribution in [2.75, 3.05) is 6.61 Å². The average molecular weight is 221 g/mol. The predicted octanol–water partition coefficient (Wildman–Crippen LogP) is 2.58. The first-order valence-electron chi connectivity index (χ1n) is 5.60. The lowest BCUT2D eigenvalue weighted by Crippen LogP contribution is -2.14. The van der Waals surface area contributed by atoms with Crippen molar-refractivity contribution >= 4 is 5.91 Å². The third-order valence-electron chi connectivity index (χ3n) is 2.53. The molecule has 2 N–H and O–H groups in total. The van der Waals surface area contributed by atoms with Crippen molar-refractivity contribution in [1.82, 2.24) is 0 Å². The van der Waals surface area contributed by atoms with Gasteiger partial charge in [0.15, 0.2) is 0 Å². The molecule has 1 amide bonds. The molecule has 0 aliphatic carbocycles. The molecule has 16 heavy (non-hydrogen) atoms. The van der Waals surface area contributed by atoms with Crippen molar-refractivity contribution in [3.8, 4) is 5.75 Å². The van der Waals surface area contributed by atoms with Crippen LogP contribution in [0.1, 0.15) is 41.3 Å². The number of carbonyl (C=O) groups is 1. The summed E-state index contributed by atoms with van der Waals surface area (Å²) in [6.07, 6.45) is 2.10. The van der Waals surface area contributed by atoms with Gasteiger partial charge >= 0.3 is 0 Å². The Bertz CT molecular complexity index is 386. The third kappa shape index (κ3) is 2.99. The molecule has 0 aliphatic heterocycles. The van der Waals surface area contributed by atoms with Gasteiger partial charge in [-0.1, -0.05) is 13.3 Å². The Labute approximate surface area is 96.6 Å². The van der Waals surface area contributed by atoms with Crippen LogP contribution in [-0.4, -0.2) is 12.5 Å². The molecular weight excluding hydrogens is 202 g/mol. The lowest BCUT2D eigenvalue weighted by molar-refractivity contribution is 0.0999. The number of unbranched alkanes of at least 4 members (excludes halogenated alkanes) is 1. The van der Waals surface area contributed by atoms with Gasteiger partial charge in [0, 0.05) is 11.1 Å². The lowest BCUT2D eigenvalue weighted by atomic mass is 10.0. The first-order valence-corrected chi connectivity index (χ1v) is 5.60. The molecule has 0 saturated carbocycles. The second kappa shape index (κ2) is 5.54. The second-order valence-electron chi connectivity index (χ2n) is 4.00. The summed E-state index contributed by atoms with van der Waals surface area (Å²) in [6.45, 7) is 6.58. The van der Waals surface area contributed by atoms with E-state index in [4.69, 9.17) is 10.5 Å². The van der Waals surface area contributed by atoms with Gasteiger partial charge in [0.2, 0.25) is 5.91 Å². The summed E-state index contributed by atoms with van der Waals surface area (Å²) in [5.41, 5.74) is 7.68. The van der Waals surface area contributed by atoms with Gasteiger partial charge in [-0.2, -0.15) is 0 Å². The van der Waals surface area contributed by atoms with Crippen LogP contribution in [0, 0.1) is 13.8 Å². The molecular formula is C13H19NO2. The molecule has 3 heteroatoms. The molecule has 0 aliphatic rings. The Balaban J connectivity index is 2.95. The number of benzene rings is 1. The predicted molar refractivity (Wildman–Crippen MR) is 64.8 cm³/mol. The number of amides is 1. The fraction of sp³-hybridized carbons (Fsp3) is 0.462. The molecule has 1 aromatic carbocycles. The quantitative estimate of drug-likeness (QED) is 0.777. The van der Waals surface area contributed by atoms with Gasteiger partial charge in [0.1, 0.15) is 5.75 Å². The number of primary amides is 1. The van der Waals surface area contributed by atoms with Crippen LogP contribution in [0.2, 0.25) is 0 Å². The number of carbonyl (C=O) groups excluding carboxylic acids is 1. The maximum Gasteiger partial charge on any atom is 0.249 e. The number of hydrogen-bond donors (Lipinski definition) is 1. The highest BCUT2D eigenvalue weighted by atomic mass is 16.5. The van der Waals surface area contributed by atoms with Gasteiger partial charge in [0.05, 0.1) is 6.61 Å². The zero-order valence-electron chi connectivity index (χ0n) is 10.2. The van der Waals surface area contributed by atoms with E-state index in [0.717, 1.165) is 29.7 Å². The smallest absolute Gasteiger partial charge is 0.249 e. The van der Waals surface area contributed by atoms with Crippen LogP contribution in [0.3, 0.4) is 0 Å². The topological polar surface area (TPSA) is 52.3 Å². The highest BCUT2D eigenvalue weighted by Gasteiger charge is 2.10. The molecule has 0 heterocycles. The molecule has 1 aromatic rings. The highest BCUT2D eigenvalue weighted by molar-refractivity contribution is 5.95. The third-order valence-corrected chi connectivity index (χ3v) is 2.53. The van der Waals surface area contributed by atoms with Crippen LogP contribution in [0.15, 0.2) is 12.1 Å². The number of hydrogen-bond acceptors (Lipinski definition) is 2. The van der Waals surface area contributed by atoms with Gasteiger partial charge in [0.25, 0.3) is 0 Å². The number of aryl methyl sites for hydroxylation is 1. The largest absolute Gasteiger partial charge is 0.493 e. The Morgan fingerprint density at radius 1 is 1.38 bits per heavy atom. The lowest BCUT2D eigenvalue weighted by Gasteiger charge is -2.12. The summed E-state index contributed by atoms with van der Waals surface area (Å²) in [4.78, 5) is 11.2. The van der Waals surface area contributed by atoms with Crippen molar-refractivity contribution < 1.29 is 9.53 Å². The summed E-state index contributed by atoms with van der Waals surface area (Å²) in [5, 5.41) is 0. The van der Waals surface area contributed by atoms with Crippen LogP contribution >= 0.6 is 0 Å².